The van der Waals surface area contributed by atoms with Crippen LogP contribution in [0.1, 0.15) is 4.88 Å². The minimum absolute atomic E-state index is 0.210. The highest BCUT2D eigenvalue weighted by Gasteiger charge is 2.30. The molecule has 136 valence electrons. The number of ether oxygens (including phenoxy) is 2. The van der Waals surface area contributed by atoms with Crippen LogP contribution in [0.25, 0.3) is 6.08 Å². The molecule has 0 unspecified atom stereocenters. The Morgan fingerprint density at radius 2 is 1.96 bits per heavy atom. The van der Waals surface area contributed by atoms with E-state index in [-0.39, 0.29) is 11.7 Å². The predicted octanol–water partition coefficient (Wildman–Crippen LogP) is 4.18. The number of benzene rings is 2. The zero-order chi connectivity index (χ0) is 18.6. The summed E-state index contributed by atoms with van der Waals surface area (Å²) >= 11 is 1.55. The molecule has 6 heteroatoms. The maximum Gasteiger partial charge on any atom is 0.294 e. The van der Waals surface area contributed by atoms with E-state index in [9.17, 15) is 4.79 Å². The van der Waals surface area contributed by atoms with E-state index in [1.807, 2.05) is 47.8 Å². The summed E-state index contributed by atoms with van der Waals surface area (Å²) in [5.74, 6) is 1.44. The van der Waals surface area contributed by atoms with Crippen molar-refractivity contribution in [2.45, 2.75) is 0 Å². The first-order chi connectivity index (χ1) is 13.2. The van der Waals surface area contributed by atoms with Gasteiger partial charge in [0.25, 0.3) is 5.91 Å². The Kier molecular flexibility index (Phi) is 4.80. The molecule has 2 N–H and O–H groups in total. The molecule has 1 amide bonds. The highest BCUT2D eigenvalue weighted by atomic mass is 32.1. The second kappa shape index (κ2) is 7.55. The van der Waals surface area contributed by atoms with Crippen LogP contribution in [0.3, 0.4) is 0 Å². The highest BCUT2D eigenvalue weighted by molar-refractivity contribution is 7.10. The molecule has 3 aromatic rings. The number of hydrogen-bond acceptors (Lipinski definition) is 5. The average molecular weight is 378 g/mol. The summed E-state index contributed by atoms with van der Waals surface area (Å²) in [4.78, 5) is 15.6. The number of carbonyl (C=O) groups is 1. The van der Waals surface area contributed by atoms with Crippen LogP contribution in [0.4, 0.5) is 11.4 Å². The predicted molar refractivity (Wildman–Crippen MR) is 108 cm³/mol. The molecule has 5 nitrogen and oxygen atoms in total. The second-order valence-corrected chi connectivity index (χ2v) is 6.95. The number of fused-ring (bicyclic) bond motifs is 1. The van der Waals surface area contributed by atoms with E-state index in [2.05, 4.69) is 0 Å². The Bertz CT molecular complexity index is 968. The third kappa shape index (κ3) is 3.80. The van der Waals surface area contributed by atoms with Crippen LogP contribution < -0.4 is 20.1 Å². The van der Waals surface area contributed by atoms with Crippen LogP contribution in [-0.2, 0) is 4.79 Å². The van der Waals surface area contributed by atoms with Crippen molar-refractivity contribution in [2.24, 2.45) is 0 Å². The van der Waals surface area contributed by atoms with Crippen LogP contribution in [-0.4, -0.2) is 19.1 Å². The molecule has 1 aliphatic rings. The van der Waals surface area contributed by atoms with Gasteiger partial charge in [-0.15, -0.1) is 11.3 Å². The molecule has 0 saturated heterocycles. The van der Waals surface area contributed by atoms with Gasteiger partial charge >= 0.3 is 0 Å². The number of nitrogens with zero attached hydrogens (tertiary/aromatic N) is 1. The summed E-state index contributed by atoms with van der Waals surface area (Å²) < 4.78 is 11.6. The molecule has 0 bridgehead atoms. The smallest absolute Gasteiger partial charge is 0.294 e. The fraction of sp³-hybridized carbons (Fsp3) is 0.0952. The standard InChI is InChI=1S/C21H18N2O3S/c22-15-8-9-19-18(13-15)23(10-11-25-16-5-2-1-3-6-16)21(24)20(26-19)14-17-7-4-12-27-17/h1-9,12-14H,10-11,22H2/b20-14+. The Labute approximate surface area is 161 Å². The fourth-order valence-electron chi connectivity index (χ4n) is 2.82. The summed E-state index contributed by atoms with van der Waals surface area (Å²) in [6.45, 7) is 0.742. The van der Waals surface area contributed by atoms with E-state index in [0.29, 0.717) is 30.3 Å². The maximum absolute atomic E-state index is 13.0. The molecular weight excluding hydrogens is 360 g/mol. The average Bonchev–Trinajstić information content (AvgIpc) is 3.19. The molecule has 1 aliphatic heterocycles. The lowest BCUT2D eigenvalue weighted by Crippen LogP contribution is -2.40. The molecule has 2 aromatic carbocycles. The van der Waals surface area contributed by atoms with Crippen molar-refractivity contribution in [3.63, 3.8) is 0 Å². The van der Waals surface area contributed by atoms with Crippen molar-refractivity contribution in [1.29, 1.82) is 0 Å². The molecule has 0 atom stereocenters. The number of amides is 1. The highest BCUT2D eigenvalue weighted by Crippen LogP contribution is 2.37. The van der Waals surface area contributed by atoms with E-state index in [1.54, 1.807) is 40.5 Å². The number of anilines is 2. The third-order valence-electron chi connectivity index (χ3n) is 4.09. The number of para-hydroxylation sites is 1. The number of thiophene rings is 1. The van der Waals surface area contributed by atoms with Crippen LogP contribution >= 0.6 is 11.3 Å². The number of carbonyl (C=O) groups excluding carboxylic acids is 1. The van der Waals surface area contributed by atoms with Crippen molar-refractivity contribution in [1.82, 2.24) is 0 Å². The van der Waals surface area contributed by atoms with Gasteiger partial charge in [0.05, 0.1) is 12.2 Å². The normalized spacial score (nSPS) is 14.7. The van der Waals surface area contributed by atoms with Crippen LogP contribution in [0.15, 0.2) is 71.8 Å². The monoisotopic (exact) mass is 378 g/mol. The molecule has 4 rings (SSSR count). The SMILES string of the molecule is Nc1ccc2c(c1)N(CCOc1ccccc1)C(=O)/C(=C\c1cccs1)O2. The lowest BCUT2D eigenvalue weighted by molar-refractivity contribution is -0.117. The van der Waals surface area contributed by atoms with Gasteiger partial charge in [-0.3, -0.25) is 9.69 Å². The van der Waals surface area contributed by atoms with Gasteiger partial charge in [0.15, 0.2) is 11.5 Å². The summed E-state index contributed by atoms with van der Waals surface area (Å²) in [5.41, 5.74) is 7.14. The minimum Gasteiger partial charge on any atom is -0.492 e. The van der Waals surface area contributed by atoms with Crippen molar-refractivity contribution in [3.05, 3.63) is 76.7 Å². The maximum atomic E-state index is 13.0. The molecule has 0 fully saturated rings. The molecule has 0 radical (unpaired) electrons. The van der Waals surface area contributed by atoms with E-state index >= 15 is 0 Å². The Hall–Kier alpha value is -3.25. The fourth-order valence-corrected chi connectivity index (χ4v) is 3.47. The quantitative estimate of drug-likeness (QED) is 0.534. The van der Waals surface area contributed by atoms with Gasteiger partial charge in [0.1, 0.15) is 12.4 Å². The van der Waals surface area contributed by atoms with Gasteiger partial charge in [-0.2, -0.15) is 0 Å². The zero-order valence-electron chi connectivity index (χ0n) is 14.5. The van der Waals surface area contributed by atoms with Crippen molar-refractivity contribution in [3.8, 4) is 11.5 Å². The lowest BCUT2D eigenvalue weighted by Gasteiger charge is -2.30. The van der Waals surface area contributed by atoms with Gasteiger partial charge in [0, 0.05) is 16.6 Å². The van der Waals surface area contributed by atoms with E-state index in [1.165, 1.54) is 0 Å². The molecular formula is C21H18N2O3S. The first-order valence-electron chi connectivity index (χ1n) is 8.53. The number of nitrogens with two attached hydrogens (primary N) is 1. The summed E-state index contributed by atoms with van der Waals surface area (Å²) in [5, 5.41) is 1.96. The minimum atomic E-state index is -0.210. The zero-order valence-corrected chi connectivity index (χ0v) is 15.3. The molecule has 1 aromatic heterocycles. The Morgan fingerprint density at radius 1 is 1.11 bits per heavy atom. The Balaban J connectivity index is 1.59. The first-order valence-corrected chi connectivity index (χ1v) is 9.41. The summed E-state index contributed by atoms with van der Waals surface area (Å²) in [6.07, 6.45) is 1.76. The molecule has 27 heavy (non-hydrogen) atoms. The number of nitrogen functional groups attached to an aromatic ring is 1. The van der Waals surface area contributed by atoms with Gasteiger partial charge in [-0.05, 0) is 41.8 Å². The van der Waals surface area contributed by atoms with E-state index in [4.69, 9.17) is 15.2 Å². The van der Waals surface area contributed by atoms with E-state index in [0.717, 1.165) is 10.6 Å². The van der Waals surface area contributed by atoms with Gasteiger partial charge in [-0.1, -0.05) is 24.3 Å². The second-order valence-electron chi connectivity index (χ2n) is 5.97. The number of hydrogen-bond donors (Lipinski definition) is 1. The van der Waals surface area contributed by atoms with Crippen molar-refractivity contribution in [2.75, 3.05) is 23.8 Å². The van der Waals surface area contributed by atoms with Crippen LogP contribution in [0.5, 0.6) is 11.5 Å². The van der Waals surface area contributed by atoms with Gasteiger partial charge in [0.2, 0.25) is 0 Å². The molecule has 0 aliphatic carbocycles. The topological polar surface area (TPSA) is 64.8 Å². The largest absolute Gasteiger partial charge is 0.492 e. The van der Waals surface area contributed by atoms with Crippen molar-refractivity contribution < 1.29 is 14.3 Å². The summed E-state index contributed by atoms with van der Waals surface area (Å²) in [6, 6.07) is 18.7. The van der Waals surface area contributed by atoms with E-state index < -0.39 is 0 Å². The molecule has 0 spiro atoms. The van der Waals surface area contributed by atoms with Crippen LogP contribution in [0, 0.1) is 0 Å². The van der Waals surface area contributed by atoms with Gasteiger partial charge in [-0.25, -0.2) is 0 Å². The Morgan fingerprint density at radius 3 is 2.74 bits per heavy atom. The third-order valence-corrected chi connectivity index (χ3v) is 4.91. The molecule has 2 heterocycles. The van der Waals surface area contributed by atoms with Crippen molar-refractivity contribution >= 4 is 34.7 Å². The van der Waals surface area contributed by atoms with Crippen LogP contribution in [0.2, 0.25) is 0 Å². The lowest BCUT2D eigenvalue weighted by atomic mass is 10.2. The number of rotatable bonds is 5. The molecule has 0 saturated carbocycles. The van der Waals surface area contributed by atoms with Gasteiger partial charge < -0.3 is 15.2 Å². The first kappa shape index (κ1) is 17.2. The summed E-state index contributed by atoms with van der Waals surface area (Å²) in [7, 11) is 0.